The molecular weight excluding hydrogens is 835 g/mol. The second kappa shape index (κ2) is 45.3. The quantitative estimate of drug-likeness (QED) is 0.0252. The molecule has 4 amide bonds. The molecule has 0 spiro atoms. The highest BCUT2D eigenvalue weighted by atomic mass is 32.2. The number of carbonyl (C=O) groups excluding carboxylic acids is 6. The number of hydrogen-bond acceptors (Lipinski definition) is 11. The van der Waals surface area contributed by atoms with Crippen molar-refractivity contribution in [1.29, 1.82) is 0 Å². The summed E-state index contributed by atoms with van der Waals surface area (Å²) in [4.78, 5) is 73.5. The molecule has 0 aromatic rings. The minimum atomic E-state index is -1.20. The number of unbranched alkanes of at least 4 members (excludes halogenated alkanes) is 26. The molecule has 0 fully saturated rings. The Morgan fingerprint density at radius 1 is 0.547 bits per heavy atom. The predicted octanol–water partition coefficient (Wildman–Crippen LogP) is 8.22. The van der Waals surface area contributed by atoms with Crippen molar-refractivity contribution in [2.45, 2.75) is 238 Å². The van der Waals surface area contributed by atoms with Gasteiger partial charge in [0.1, 0.15) is 18.8 Å². The maximum atomic E-state index is 12.9. The van der Waals surface area contributed by atoms with Crippen LogP contribution in [0.3, 0.4) is 0 Å². The van der Waals surface area contributed by atoms with Gasteiger partial charge in [0.05, 0.1) is 19.2 Å². The molecule has 0 saturated heterocycles. The Kier molecular flexibility index (Phi) is 43.2. The Labute approximate surface area is 392 Å². The lowest BCUT2D eigenvalue weighted by Crippen LogP contribution is -2.54. The molecule has 15 heteroatoms. The largest absolute Gasteiger partial charge is 0.462 e. The van der Waals surface area contributed by atoms with E-state index in [0.717, 1.165) is 38.5 Å². The zero-order valence-electron chi connectivity index (χ0n) is 40.4. The first-order valence-corrected chi connectivity index (χ1v) is 26.6. The van der Waals surface area contributed by atoms with E-state index in [1.807, 2.05) is 0 Å². The van der Waals surface area contributed by atoms with Gasteiger partial charge in [-0.2, -0.15) is 11.8 Å². The van der Waals surface area contributed by atoms with Gasteiger partial charge in [-0.1, -0.05) is 174 Å². The lowest BCUT2D eigenvalue weighted by atomic mass is 10.0. The molecule has 3 unspecified atom stereocenters. The van der Waals surface area contributed by atoms with Gasteiger partial charge < -0.3 is 42.0 Å². The van der Waals surface area contributed by atoms with Crippen LogP contribution in [0.15, 0.2) is 0 Å². The van der Waals surface area contributed by atoms with Gasteiger partial charge in [0.25, 0.3) is 0 Å². The van der Waals surface area contributed by atoms with Crippen LogP contribution in [0.25, 0.3) is 0 Å². The van der Waals surface area contributed by atoms with Gasteiger partial charge in [-0.25, -0.2) is 0 Å². The number of rotatable bonds is 47. The van der Waals surface area contributed by atoms with Crippen LogP contribution >= 0.6 is 11.8 Å². The molecule has 374 valence electrons. The van der Waals surface area contributed by atoms with Crippen molar-refractivity contribution in [3.05, 3.63) is 0 Å². The Morgan fingerprint density at radius 2 is 0.984 bits per heavy atom. The summed E-state index contributed by atoms with van der Waals surface area (Å²) in [6, 6.07) is -2.22. The Balaban J connectivity index is 4.71. The Hall–Kier alpha value is -2.91. The number of esters is 2. The first kappa shape index (κ1) is 61.1. The maximum Gasteiger partial charge on any atom is 0.306 e. The number of nitrogens with two attached hydrogens (primary N) is 2. The second-order valence-corrected chi connectivity index (χ2v) is 18.6. The smallest absolute Gasteiger partial charge is 0.306 e. The van der Waals surface area contributed by atoms with Crippen LogP contribution in [-0.4, -0.2) is 96.7 Å². The van der Waals surface area contributed by atoms with Crippen LogP contribution in [0.1, 0.15) is 219 Å². The van der Waals surface area contributed by atoms with Crippen molar-refractivity contribution in [3.8, 4) is 0 Å². The van der Waals surface area contributed by atoms with Crippen molar-refractivity contribution >= 4 is 47.3 Å². The van der Waals surface area contributed by atoms with Crippen molar-refractivity contribution in [1.82, 2.24) is 16.0 Å². The monoisotopic (exact) mass is 928 g/mol. The molecular formula is C49H93N5O9S. The summed E-state index contributed by atoms with van der Waals surface area (Å²) in [6.07, 6.45) is 33.4. The molecule has 0 aliphatic heterocycles. The summed E-state index contributed by atoms with van der Waals surface area (Å²) >= 11 is 1.28. The van der Waals surface area contributed by atoms with Gasteiger partial charge >= 0.3 is 11.9 Å². The summed E-state index contributed by atoms with van der Waals surface area (Å²) in [5.74, 6) is -2.35. The summed E-state index contributed by atoms with van der Waals surface area (Å²) in [7, 11) is 0. The Morgan fingerprint density at radius 3 is 1.45 bits per heavy atom. The molecule has 0 radical (unpaired) electrons. The highest BCUT2D eigenvalue weighted by Gasteiger charge is 2.24. The third-order valence-corrected chi connectivity index (χ3v) is 12.5. The molecule has 0 saturated carbocycles. The molecule has 0 aliphatic carbocycles. The molecule has 8 N–H and O–H groups in total. The molecule has 0 aromatic heterocycles. The SMILES string of the molecule is CCCCCCCCCCCCCCCC(=O)OCC(CSCC(N)C(=O)NC(CO)C(=O)NCCCCCC(=O)NCC(N)=O)OC(=O)CCCCCCCCCCCCCCC. The number of amides is 4. The van der Waals surface area contributed by atoms with Crippen LogP contribution in [0.5, 0.6) is 0 Å². The predicted molar refractivity (Wildman–Crippen MR) is 259 cm³/mol. The van der Waals surface area contributed by atoms with E-state index in [4.69, 9.17) is 20.9 Å². The van der Waals surface area contributed by atoms with Crippen LogP contribution in [0, 0.1) is 0 Å². The van der Waals surface area contributed by atoms with Gasteiger partial charge in [-0.15, -0.1) is 0 Å². The molecule has 3 atom stereocenters. The van der Waals surface area contributed by atoms with E-state index in [-0.39, 0.29) is 61.9 Å². The number of ether oxygens (including phenoxy) is 2. The zero-order chi connectivity index (χ0) is 47.3. The van der Waals surface area contributed by atoms with E-state index in [9.17, 15) is 33.9 Å². The number of thioether (sulfide) groups is 1. The van der Waals surface area contributed by atoms with E-state index in [1.165, 1.54) is 140 Å². The molecule has 0 bridgehead atoms. The van der Waals surface area contributed by atoms with Crippen LogP contribution in [0.2, 0.25) is 0 Å². The number of aliphatic hydroxyl groups excluding tert-OH is 1. The van der Waals surface area contributed by atoms with E-state index >= 15 is 0 Å². The molecule has 0 aliphatic rings. The average molecular weight is 928 g/mol. The number of carbonyl (C=O) groups is 6. The summed E-state index contributed by atoms with van der Waals surface area (Å²) in [5, 5.41) is 17.4. The molecule has 14 nitrogen and oxygen atoms in total. The van der Waals surface area contributed by atoms with Gasteiger partial charge in [-0.3, -0.25) is 28.8 Å². The molecule has 0 aromatic carbocycles. The average Bonchev–Trinajstić information content (AvgIpc) is 3.27. The van der Waals surface area contributed by atoms with Gasteiger partial charge in [0.15, 0.2) is 0 Å². The lowest BCUT2D eigenvalue weighted by Gasteiger charge is -2.20. The van der Waals surface area contributed by atoms with Crippen molar-refractivity contribution in [2.24, 2.45) is 11.5 Å². The lowest BCUT2D eigenvalue weighted by molar-refractivity contribution is -0.157. The van der Waals surface area contributed by atoms with Gasteiger partial charge in [0.2, 0.25) is 23.6 Å². The van der Waals surface area contributed by atoms with E-state index in [2.05, 4.69) is 29.8 Å². The number of hydrogen-bond donors (Lipinski definition) is 6. The second-order valence-electron chi connectivity index (χ2n) is 17.5. The molecule has 64 heavy (non-hydrogen) atoms. The maximum absolute atomic E-state index is 12.9. The standard InChI is InChI=1S/C49H93N5O9S/c1-3-5-7-9-11-13-15-17-19-21-23-25-29-33-46(58)62-38-41(63-47(59)34-30-26-24-22-20-18-16-14-12-10-8-6-4-2)39-64-40-42(50)48(60)54-43(37-55)49(61)52-35-31-27-28-32-45(57)53-36-44(51)56/h41-43,55H,3-40,50H2,1-2H3,(H2,51,56)(H,52,61)(H,53,57)(H,54,60). The number of aliphatic hydroxyl groups is 1. The van der Waals surface area contributed by atoms with E-state index in [0.29, 0.717) is 25.7 Å². The highest BCUT2D eigenvalue weighted by molar-refractivity contribution is 7.99. The third kappa shape index (κ3) is 40.6. The van der Waals surface area contributed by atoms with Crippen LogP contribution in [0.4, 0.5) is 0 Å². The van der Waals surface area contributed by atoms with Gasteiger partial charge in [-0.05, 0) is 25.7 Å². The topological polar surface area (TPSA) is 229 Å². The molecule has 0 heterocycles. The fourth-order valence-corrected chi connectivity index (χ4v) is 8.23. The first-order valence-electron chi connectivity index (χ1n) is 25.5. The summed E-state index contributed by atoms with van der Waals surface area (Å²) in [5.41, 5.74) is 11.2. The number of primary amides is 1. The fourth-order valence-electron chi connectivity index (χ4n) is 7.26. The first-order chi connectivity index (χ1) is 31.0. The highest BCUT2D eigenvalue weighted by Crippen LogP contribution is 2.16. The summed E-state index contributed by atoms with van der Waals surface area (Å²) < 4.78 is 11.3. The van der Waals surface area contributed by atoms with Crippen LogP contribution in [-0.2, 0) is 38.2 Å². The summed E-state index contributed by atoms with van der Waals surface area (Å²) in [6.45, 7) is 3.85. The molecule has 0 rings (SSSR count). The normalized spacial score (nSPS) is 12.6. The van der Waals surface area contributed by atoms with Crippen molar-refractivity contribution in [3.63, 3.8) is 0 Å². The van der Waals surface area contributed by atoms with Gasteiger partial charge in [0, 0.05) is 37.3 Å². The Bertz CT molecular complexity index is 1200. The number of nitrogens with one attached hydrogen (secondary N) is 3. The van der Waals surface area contributed by atoms with Crippen molar-refractivity contribution in [2.75, 3.05) is 37.8 Å². The van der Waals surface area contributed by atoms with E-state index in [1.54, 1.807) is 0 Å². The third-order valence-electron chi connectivity index (χ3n) is 11.3. The fraction of sp³-hybridized carbons (Fsp3) is 0.878. The minimum absolute atomic E-state index is 0.0781. The minimum Gasteiger partial charge on any atom is -0.462 e. The van der Waals surface area contributed by atoms with E-state index < -0.39 is 42.5 Å². The van der Waals surface area contributed by atoms with Crippen molar-refractivity contribution < 1.29 is 43.3 Å². The zero-order valence-corrected chi connectivity index (χ0v) is 41.2. The van der Waals surface area contributed by atoms with Crippen LogP contribution < -0.4 is 27.4 Å².